The molecule has 0 aliphatic heterocycles. The highest BCUT2D eigenvalue weighted by molar-refractivity contribution is 7.79. The molecule has 0 aromatic heterocycles. The predicted molar refractivity (Wildman–Crippen MR) is 40.9 cm³/mol. The van der Waals surface area contributed by atoms with Crippen molar-refractivity contribution in [2.45, 2.75) is 4.90 Å². The Morgan fingerprint density at radius 2 is 2.18 bits per heavy atom. The highest BCUT2D eigenvalue weighted by Gasteiger charge is 1.98. The van der Waals surface area contributed by atoms with Gasteiger partial charge in [-0.25, -0.2) is 4.21 Å². The van der Waals surface area contributed by atoms with E-state index in [0.29, 0.717) is 5.69 Å². The fourth-order valence-corrected chi connectivity index (χ4v) is 1.10. The number of benzene rings is 1. The molecule has 1 aromatic rings. The van der Waals surface area contributed by atoms with Crippen molar-refractivity contribution in [2.24, 2.45) is 0 Å². The summed E-state index contributed by atoms with van der Waals surface area (Å²) in [5.74, 6) is 0. The Bertz CT molecular complexity index is 276. The predicted octanol–water partition coefficient (Wildman–Crippen LogP) is 1.07. The summed E-state index contributed by atoms with van der Waals surface area (Å²) >= 11 is -1.99. The summed E-state index contributed by atoms with van der Waals surface area (Å²) in [6, 6.07) is 6.03. The second-order valence-electron chi connectivity index (χ2n) is 1.89. The Morgan fingerprint density at radius 3 is 2.73 bits per heavy atom. The zero-order valence-corrected chi connectivity index (χ0v) is 6.34. The van der Waals surface area contributed by atoms with Gasteiger partial charge in [-0.05, 0) is 18.2 Å². The van der Waals surface area contributed by atoms with Gasteiger partial charge in [-0.2, -0.15) is 0 Å². The van der Waals surface area contributed by atoms with Gasteiger partial charge in [0.2, 0.25) is 0 Å². The summed E-state index contributed by atoms with van der Waals surface area (Å²) in [5.41, 5.74) is 2.27. The van der Waals surface area contributed by atoms with Gasteiger partial charge >= 0.3 is 0 Å². The first-order chi connectivity index (χ1) is 5.24. The van der Waals surface area contributed by atoms with Gasteiger partial charge in [0.05, 0.1) is 10.6 Å². The van der Waals surface area contributed by atoms with Crippen LogP contribution in [0.1, 0.15) is 0 Å². The maximum atomic E-state index is 10.5. The molecule has 0 saturated carbocycles. The van der Waals surface area contributed by atoms with Gasteiger partial charge in [-0.1, -0.05) is 6.07 Å². The molecule has 1 rings (SSSR count). The molecular weight excluding hydrogens is 166 g/mol. The molecule has 0 amide bonds. The number of rotatable bonds is 2. The highest BCUT2D eigenvalue weighted by atomic mass is 32.2. The number of nitrogens with one attached hydrogen (secondary N) is 1. The summed E-state index contributed by atoms with van der Waals surface area (Å²) in [6.45, 7) is 0. The third kappa shape index (κ3) is 2.01. The van der Waals surface area contributed by atoms with Crippen LogP contribution in [0.15, 0.2) is 29.2 Å². The first-order valence-corrected chi connectivity index (χ1v) is 3.96. The average Bonchev–Trinajstić information content (AvgIpc) is 2.05. The zero-order chi connectivity index (χ0) is 8.27. The molecule has 0 aliphatic carbocycles. The molecule has 0 aliphatic rings. The van der Waals surface area contributed by atoms with E-state index in [4.69, 9.17) is 9.76 Å². The van der Waals surface area contributed by atoms with Crippen molar-refractivity contribution in [3.05, 3.63) is 24.3 Å². The van der Waals surface area contributed by atoms with Crippen molar-refractivity contribution >= 4 is 16.8 Å². The Hall–Kier alpha value is -0.910. The molecule has 5 heteroatoms. The molecule has 0 saturated heterocycles. The van der Waals surface area contributed by atoms with Crippen LogP contribution in [-0.4, -0.2) is 14.0 Å². The normalized spacial score (nSPS) is 12.5. The molecule has 1 unspecified atom stereocenters. The van der Waals surface area contributed by atoms with Gasteiger partial charge in [0.15, 0.2) is 11.1 Å². The van der Waals surface area contributed by atoms with E-state index in [1.54, 1.807) is 12.1 Å². The highest BCUT2D eigenvalue weighted by Crippen LogP contribution is 2.11. The lowest BCUT2D eigenvalue weighted by Crippen LogP contribution is -1.92. The first kappa shape index (κ1) is 8.19. The molecule has 11 heavy (non-hydrogen) atoms. The van der Waals surface area contributed by atoms with E-state index in [1.807, 2.05) is 5.48 Å². The van der Waals surface area contributed by atoms with E-state index < -0.39 is 11.1 Å². The van der Waals surface area contributed by atoms with Gasteiger partial charge in [-0.3, -0.25) is 10.7 Å². The molecular formula is C6H7NO3S. The first-order valence-electron chi connectivity index (χ1n) is 2.85. The largest absolute Gasteiger partial charge is 0.302 e. The average molecular weight is 173 g/mol. The van der Waals surface area contributed by atoms with Crippen LogP contribution in [0.4, 0.5) is 5.69 Å². The molecule has 0 heterocycles. The second kappa shape index (κ2) is 3.47. The second-order valence-corrected chi connectivity index (χ2v) is 2.86. The number of anilines is 1. The van der Waals surface area contributed by atoms with Crippen molar-refractivity contribution in [1.82, 2.24) is 0 Å². The zero-order valence-electron chi connectivity index (χ0n) is 5.52. The molecule has 3 N–H and O–H groups in total. The molecule has 0 spiro atoms. The minimum absolute atomic E-state index is 0.254. The maximum Gasteiger partial charge on any atom is 0.186 e. The summed E-state index contributed by atoms with van der Waals surface area (Å²) in [7, 11) is 0. The van der Waals surface area contributed by atoms with E-state index in [-0.39, 0.29) is 4.90 Å². The summed E-state index contributed by atoms with van der Waals surface area (Å²) in [5, 5.41) is 8.41. The third-order valence-corrected chi connectivity index (χ3v) is 1.82. The molecule has 0 radical (unpaired) electrons. The van der Waals surface area contributed by atoms with E-state index in [9.17, 15) is 4.21 Å². The number of hydrogen-bond donors (Lipinski definition) is 3. The third-order valence-electron chi connectivity index (χ3n) is 1.16. The van der Waals surface area contributed by atoms with Crippen molar-refractivity contribution in [3.8, 4) is 0 Å². The monoisotopic (exact) mass is 173 g/mol. The van der Waals surface area contributed by atoms with E-state index >= 15 is 0 Å². The van der Waals surface area contributed by atoms with Gasteiger partial charge in [0, 0.05) is 0 Å². The Labute approximate surface area is 66.1 Å². The van der Waals surface area contributed by atoms with Crippen LogP contribution in [0.25, 0.3) is 0 Å². The lowest BCUT2D eigenvalue weighted by atomic mass is 10.3. The molecule has 0 fully saturated rings. The lowest BCUT2D eigenvalue weighted by molar-refractivity contribution is 0.388. The summed E-state index contributed by atoms with van der Waals surface area (Å²) < 4.78 is 19.1. The van der Waals surface area contributed by atoms with Crippen molar-refractivity contribution in [3.63, 3.8) is 0 Å². The van der Waals surface area contributed by atoms with Crippen molar-refractivity contribution in [2.75, 3.05) is 5.48 Å². The van der Waals surface area contributed by atoms with Crippen LogP contribution in [0.5, 0.6) is 0 Å². The topological polar surface area (TPSA) is 69.6 Å². The fourth-order valence-electron chi connectivity index (χ4n) is 0.674. The van der Waals surface area contributed by atoms with Gasteiger partial charge in [0.1, 0.15) is 0 Å². The van der Waals surface area contributed by atoms with Gasteiger partial charge in [0.25, 0.3) is 0 Å². The molecule has 0 bridgehead atoms. The quantitative estimate of drug-likeness (QED) is 0.462. The Morgan fingerprint density at radius 1 is 1.45 bits per heavy atom. The van der Waals surface area contributed by atoms with E-state index in [2.05, 4.69) is 0 Å². The molecule has 1 aromatic carbocycles. The van der Waals surface area contributed by atoms with Crippen LogP contribution in [-0.2, 0) is 11.1 Å². The van der Waals surface area contributed by atoms with Crippen molar-refractivity contribution < 1.29 is 14.0 Å². The maximum absolute atomic E-state index is 10.5. The number of hydrogen-bond acceptors (Lipinski definition) is 3. The van der Waals surface area contributed by atoms with Gasteiger partial charge < -0.3 is 4.55 Å². The lowest BCUT2D eigenvalue weighted by Gasteiger charge is -1.98. The molecule has 4 nitrogen and oxygen atoms in total. The van der Waals surface area contributed by atoms with E-state index in [0.717, 1.165) is 0 Å². The van der Waals surface area contributed by atoms with Crippen LogP contribution < -0.4 is 5.48 Å². The van der Waals surface area contributed by atoms with Crippen LogP contribution in [0.3, 0.4) is 0 Å². The van der Waals surface area contributed by atoms with Crippen molar-refractivity contribution in [1.29, 1.82) is 0 Å². The fraction of sp³-hybridized carbons (Fsp3) is 0. The minimum Gasteiger partial charge on any atom is -0.302 e. The smallest absolute Gasteiger partial charge is 0.186 e. The molecule has 1 atom stereocenters. The van der Waals surface area contributed by atoms with Crippen LogP contribution >= 0.6 is 0 Å². The minimum atomic E-state index is -1.99. The van der Waals surface area contributed by atoms with Crippen LogP contribution in [0.2, 0.25) is 0 Å². The Kier molecular flexibility index (Phi) is 2.58. The molecule has 60 valence electrons. The summed E-state index contributed by atoms with van der Waals surface area (Å²) in [6.07, 6.45) is 0. The van der Waals surface area contributed by atoms with E-state index in [1.165, 1.54) is 12.1 Å². The van der Waals surface area contributed by atoms with Crippen LogP contribution in [0, 0.1) is 0 Å². The Balaban J connectivity index is 3.01. The SMILES string of the molecule is O=S(O)c1cccc(NO)c1. The summed E-state index contributed by atoms with van der Waals surface area (Å²) in [4.78, 5) is 0.254. The van der Waals surface area contributed by atoms with Gasteiger partial charge in [-0.15, -0.1) is 0 Å². The standard InChI is InChI=1S/C6H7NO3S/c8-7-5-2-1-3-6(4-5)11(9)10/h1-4,7-8H,(H,9,10).